The van der Waals surface area contributed by atoms with Gasteiger partial charge in [0, 0.05) is 19.1 Å². The highest BCUT2D eigenvalue weighted by Crippen LogP contribution is 2.31. The standard InChI is InChI=1S/C24H28N2O3/c1-24(2)16-19(13-14-28-24)25-23(27)21-15-20(26-29-21)22(17-9-5-3-6-10-17)18-11-7-4-8-12-18/h3-12,19,21-22H,13-16H2,1-2H3,(H,25,27). The second-order valence-electron chi connectivity index (χ2n) is 8.44. The molecule has 2 atom stereocenters. The molecule has 1 amide bonds. The second kappa shape index (κ2) is 8.37. The molecule has 152 valence electrons. The number of carbonyl (C=O) groups is 1. The van der Waals surface area contributed by atoms with Crippen molar-refractivity contribution in [2.75, 3.05) is 6.61 Å². The summed E-state index contributed by atoms with van der Waals surface area (Å²) in [7, 11) is 0. The van der Waals surface area contributed by atoms with Crippen molar-refractivity contribution in [3.05, 3.63) is 71.8 Å². The zero-order valence-electron chi connectivity index (χ0n) is 17.0. The van der Waals surface area contributed by atoms with Crippen LogP contribution in [-0.2, 0) is 14.4 Å². The second-order valence-corrected chi connectivity index (χ2v) is 8.44. The van der Waals surface area contributed by atoms with Crippen LogP contribution in [0.1, 0.15) is 50.2 Å². The first-order valence-electron chi connectivity index (χ1n) is 10.3. The molecule has 1 fully saturated rings. The third-order valence-electron chi connectivity index (χ3n) is 5.63. The molecule has 2 aromatic rings. The van der Waals surface area contributed by atoms with Crippen LogP contribution in [0.15, 0.2) is 65.8 Å². The summed E-state index contributed by atoms with van der Waals surface area (Å²) in [6.45, 7) is 4.78. The number of ether oxygens (including phenoxy) is 1. The summed E-state index contributed by atoms with van der Waals surface area (Å²) >= 11 is 0. The van der Waals surface area contributed by atoms with E-state index in [0.717, 1.165) is 29.7 Å². The van der Waals surface area contributed by atoms with Crippen LogP contribution in [0.3, 0.4) is 0 Å². The number of oxime groups is 1. The molecule has 0 saturated carbocycles. The Hall–Kier alpha value is -2.66. The summed E-state index contributed by atoms with van der Waals surface area (Å²) < 4.78 is 5.74. The Morgan fingerprint density at radius 1 is 1.07 bits per heavy atom. The molecule has 0 spiro atoms. The molecule has 2 aliphatic rings. The zero-order valence-corrected chi connectivity index (χ0v) is 17.0. The smallest absolute Gasteiger partial charge is 0.264 e. The lowest BCUT2D eigenvalue weighted by molar-refractivity contribution is -0.134. The van der Waals surface area contributed by atoms with E-state index >= 15 is 0 Å². The van der Waals surface area contributed by atoms with E-state index in [1.807, 2.05) is 36.4 Å². The van der Waals surface area contributed by atoms with Crippen LogP contribution in [0.2, 0.25) is 0 Å². The maximum Gasteiger partial charge on any atom is 0.264 e. The molecule has 29 heavy (non-hydrogen) atoms. The fourth-order valence-electron chi connectivity index (χ4n) is 4.22. The van der Waals surface area contributed by atoms with Gasteiger partial charge in [-0.25, -0.2) is 0 Å². The van der Waals surface area contributed by atoms with Gasteiger partial charge < -0.3 is 14.9 Å². The number of hydrogen-bond donors (Lipinski definition) is 1. The highest BCUT2D eigenvalue weighted by Gasteiger charge is 2.36. The Morgan fingerprint density at radius 2 is 1.69 bits per heavy atom. The molecule has 0 radical (unpaired) electrons. The molecule has 0 bridgehead atoms. The van der Waals surface area contributed by atoms with Gasteiger partial charge in [-0.05, 0) is 37.8 Å². The Morgan fingerprint density at radius 3 is 2.28 bits per heavy atom. The maximum absolute atomic E-state index is 12.8. The van der Waals surface area contributed by atoms with Gasteiger partial charge in [0.25, 0.3) is 5.91 Å². The van der Waals surface area contributed by atoms with Crippen molar-refractivity contribution in [3.8, 4) is 0 Å². The minimum Gasteiger partial charge on any atom is -0.382 e. The number of nitrogens with one attached hydrogen (secondary N) is 1. The van der Waals surface area contributed by atoms with Crippen molar-refractivity contribution in [1.29, 1.82) is 0 Å². The Labute approximate surface area is 172 Å². The van der Waals surface area contributed by atoms with Crippen molar-refractivity contribution < 1.29 is 14.4 Å². The molecule has 0 aromatic heterocycles. The van der Waals surface area contributed by atoms with E-state index in [4.69, 9.17) is 9.57 Å². The highest BCUT2D eigenvalue weighted by atomic mass is 16.6. The van der Waals surface area contributed by atoms with Gasteiger partial charge in [0.05, 0.1) is 17.2 Å². The molecular weight excluding hydrogens is 364 g/mol. The third-order valence-corrected chi connectivity index (χ3v) is 5.63. The summed E-state index contributed by atoms with van der Waals surface area (Å²) in [5.74, 6) is -0.108. The predicted molar refractivity (Wildman–Crippen MR) is 113 cm³/mol. The SMILES string of the molecule is CC1(C)CC(NC(=O)C2CC(C(c3ccccc3)c3ccccc3)=NO2)CCO1. The van der Waals surface area contributed by atoms with Crippen LogP contribution in [0.4, 0.5) is 0 Å². The van der Waals surface area contributed by atoms with Crippen LogP contribution < -0.4 is 5.32 Å². The number of benzene rings is 2. The van der Waals surface area contributed by atoms with Crippen molar-refractivity contribution in [3.63, 3.8) is 0 Å². The van der Waals surface area contributed by atoms with Crippen molar-refractivity contribution in [2.24, 2.45) is 5.16 Å². The first-order valence-corrected chi connectivity index (χ1v) is 10.3. The largest absolute Gasteiger partial charge is 0.382 e. The normalized spacial score (nSPS) is 23.3. The monoisotopic (exact) mass is 392 g/mol. The number of rotatable bonds is 5. The van der Waals surface area contributed by atoms with Gasteiger partial charge in [-0.1, -0.05) is 65.8 Å². The first-order chi connectivity index (χ1) is 14.0. The molecule has 0 aliphatic carbocycles. The molecule has 5 nitrogen and oxygen atoms in total. The maximum atomic E-state index is 12.8. The van der Waals surface area contributed by atoms with E-state index in [2.05, 4.69) is 48.6 Å². The van der Waals surface area contributed by atoms with E-state index in [9.17, 15) is 4.79 Å². The van der Waals surface area contributed by atoms with Gasteiger partial charge in [-0.2, -0.15) is 0 Å². The van der Waals surface area contributed by atoms with Gasteiger partial charge in [0.15, 0.2) is 0 Å². The molecule has 2 unspecified atom stereocenters. The van der Waals surface area contributed by atoms with E-state index in [1.165, 1.54) is 0 Å². The lowest BCUT2D eigenvalue weighted by Gasteiger charge is -2.36. The molecular formula is C24H28N2O3. The minimum absolute atomic E-state index is 0.0165. The van der Waals surface area contributed by atoms with E-state index in [1.54, 1.807) is 0 Å². The minimum atomic E-state index is -0.578. The molecule has 1 saturated heterocycles. The van der Waals surface area contributed by atoms with Gasteiger partial charge in [-0.3, -0.25) is 4.79 Å². The van der Waals surface area contributed by atoms with E-state index < -0.39 is 6.10 Å². The van der Waals surface area contributed by atoms with Crippen molar-refractivity contribution >= 4 is 11.6 Å². The third kappa shape index (κ3) is 4.67. The number of hydrogen-bond acceptors (Lipinski definition) is 4. The van der Waals surface area contributed by atoms with Crippen LogP contribution in [0, 0.1) is 0 Å². The molecule has 2 heterocycles. The van der Waals surface area contributed by atoms with Crippen LogP contribution in [0.5, 0.6) is 0 Å². The summed E-state index contributed by atoms with van der Waals surface area (Å²) in [4.78, 5) is 18.4. The summed E-state index contributed by atoms with van der Waals surface area (Å²) in [6, 6.07) is 20.6. The lowest BCUT2D eigenvalue weighted by Crippen LogP contribution is -2.48. The molecule has 2 aromatic carbocycles. The van der Waals surface area contributed by atoms with Crippen LogP contribution in [0.25, 0.3) is 0 Å². The van der Waals surface area contributed by atoms with Crippen LogP contribution in [-0.4, -0.2) is 36.0 Å². The van der Waals surface area contributed by atoms with Crippen molar-refractivity contribution in [1.82, 2.24) is 5.32 Å². The molecule has 5 heteroatoms. The quantitative estimate of drug-likeness (QED) is 0.835. The lowest BCUT2D eigenvalue weighted by atomic mass is 9.85. The molecule has 4 rings (SSSR count). The topological polar surface area (TPSA) is 59.9 Å². The summed E-state index contributed by atoms with van der Waals surface area (Å²) in [6.07, 6.45) is 1.54. The zero-order chi connectivity index (χ0) is 20.3. The average molecular weight is 392 g/mol. The number of nitrogens with zero attached hydrogens (tertiary/aromatic N) is 1. The summed E-state index contributed by atoms with van der Waals surface area (Å²) in [5.41, 5.74) is 2.97. The first kappa shape index (κ1) is 19.6. The number of carbonyl (C=O) groups excluding carboxylic acids is 1. The average Bonchev–Trinajstić information content (AvgIpc) is 3.19. The molecule has 2 aliphatic heterocycles. The fourth-order valence-corrected chi connectivity index (χ4v) is 4.22. The van der Waals surface area contributed by atoms with Crippen molar-refractivity contribution in [2.45, 2.75) is 56.8 Å². The van der Waals surface area contributed by atoms with Gasteiger partial charge in [-0.15, -0.1) is 0 Å². The Bertz CT molecular complexity index is 825. The van der Waals surface area contributed by atoms with E-state index in [-0.39, 0.29) is 23.5 Å². The fraction of sp³-hybridized carbons (Fsp3) is 0.417. The van der Waals surface area contributed by atoms with Gasteiger partial charge in [0.2, 0.25) is 6.10 Å². The predicted octanol–water partition coefficient (Wildman–Crippen LogP) is 4.04. The number of amides is 1. The Balaban J connectivity index is 1.46. The van der Waals surface area contributed by atoms with Gasteiger partial charge in [0.1, 0.15) is 0 Å². The van der Waals surface area contributed by atoms with Crippen LogP contribution >= 0.6 is 0 Å². The van der Waals surface area contributed by atoms with E-state index in [0.29, 0.717) is 13.0 Å². The molecule has 1 N–H and O–H groups in total. The Kier molecular flexibility index (Phi) is 5.67. The highest BCUT2D eigenvalue weighted by molar-refractivity contribution is 5.98. The summed E-state index contributed by atoms with van der Waals surface area (Å²) in [5, 5.41) is 7.48. The van der Waals surface area contributed by atoms with Gasteiger partial charge >= 0.3 is 0 Å².